The van der Waals surface area contributed by atoms with Crippen molar-refractivity contribution in [1.82, 2.24) is 9.78 Å². The number of nitrogens with one attached hydrogen (secondary N) is 2. The highest BCUT2D eigenvalue weighted by Crippen LogP contribution is 2.30. The van der Waals surface area contributed by atoms with Crippen LogP contribution >= 0.6 is 0 Å². The fourth-order valence-corrected chi connectivity index (χ4v) is 2.94. The van der Waals surface area contributed by atoms with Gasteiger partial charge in [0.2, 0.25) is 11.8 Å². The Morgan fingerprint density at radius 2 is 1.89 bits per heavy atom. The number of fused-ring (bicyclic) bond motifs is 1. The molecule has 0 radical (unpaired) electrons. The van der Waals surface area contributed by atoms with Crippen LogP contribution in [0.5, 0.6) is 0 Å². The van der Waals surface area contributed by atoms with Crippen LogP contribution in [0.1, 0.15) is 12.5 Å². The molecule has 2 aromatic carbocycles. The first kappa shape index (κ1) is 16.9. The molecule has 27 heavy (non-hydrogen) atoms. The molecule has 0 saturated carbocycles. The number of rotatable bonds is 3. The van der Waals surface area contributed by atoms with E-state index < -0.39 is 17.8 Å². The number of benzene rings is 2. The van der Waals surface area contributed by atoms with E-state index in [9.17, 15) is 18.4 Å². The van der Waals surface area contributed by atoms with Crippen LogP contribution in [0.25, 0.3) is 11.3 Å². The van der Waals surface area contributed by atoms with Gasteiger partial charge in [-0.05, 0) is 42.5 Å². The van der Waals surface area contributed by atoms with Gasteiger partial charge in [0, 0.05) is 17.3 Å². The maximum Gasteiger partial charge on any atom is 0.249 e. The molecule has 1 aliphatic rings. The molecule has 0 unspecified atom stereocenters. The first-order valence-corrected chi connectivity index (χ1v) is 8.21. The van der Waals surface area contributed by atoms with Crippen molar-refractivity contribution < 1.29 is 18.4 Å². The van der Waals surface area contributed by atoms with Crippen molar-refractivity contribution in [2.75, 3.05) is 10.6 Å². The van der Waals surface area contributed by atoms with Crippen LogP contribution in [0.15, 0.2) is 54.6 Å². The number of amides is 2. The fourth-order valence-electron chi connectivity index (χ4n) is 2.94. The zero-order valence-electron chi connectivity index (χ0n) is 13.9. The lowest BCUT2D eigenvalue weighted by Crippen LogP contribution is -2.35. The van der Waals surface area contributed by atoms with Crippen LogP contribution in [0.3, 0.4) is 0 Å². The quantitative estimate of drug-likeness (QED) is 0.744. The van der Waals surface area contributed by atoms with Gasteiger partial charge in [0.25, 0.3) is 0 Å². The van der Waals surface area contributed by atoms with Gasteiger partial charge < -0.3 is 10.6 Å². The molecule has 2 N–H and O–H groups in total. The lowest BCUT2D eigenvalue weighted by Gasteiger charge is -2.23. The molecule has 2 amide bonds. The number of anilines is 2. The number of hydrogen-bond donors (Lipinski definition) is 2. The van der Waals surface area contributed by atoms with Crippen molar-refractivity contribution in [3.63, 3.8) is 0 Å². The highest BCUT2D eigenvalue weighted by molar-refractivity contribution is 6.01. The van der Waals surface area contributed by atoms with Crippen LogP contribution in [-0.4, -0.2) is 21.6 Å². The molecule has 0 aliphatic carbocycles. The number of carbonyl (C=O) groups is 2. The summed E-state index contributed by atoms with van der Waals surface area (Å²) in [6, 6.07) is 12.0. The predicted molar refractivity (Wildman–Crippen MR) is 94.9 cm³/mol. The third-order valence-corrected chi connectivity index (χ3v) is 4.21. The van der Waals surface area contributed by atoms with E-state index in [0.29, 0.717) is 22.8 Å². The molecule has 1 aliphatic heterocycles. The summed E-state index contributed by atoms with van der Waals surface area (Å²) in [7, 11) is 0. The van der Waals surface area contributed by atoms with Crippen molar-refractivity contribution in [2.45, 2.75) is 12.5 Å². The Labute approximate surface area is 152 Å². The van der Waals surface area contributed by atoms with Gasteiger partial charge in [-0.25, -0.2) is 13.5 Å². The molecule has 4 rings (SSSR count). The molecule has 1 atom stereocenters. The average Bonchev–Trinajstić information content (AvgIpc) is 3.05. The molecular weight excluding hydrogens is 354 g/mol. The summed E-state index contributed by atoms with van der Waals surface area (Å²) in [5.74, 6) is -1.29. The van der Waals surface area contributed by atoms with Crippen molar-refractivity contribution in [1.29, 1.82) is 0 Å². The Balaban J connectivity index is 1.64. The van der Waals surface area contributed by atoms with E-state index >= 15 is 0 Å². The van der Waals surface area contributed by atoms with E-state index in [1.807, 2.05) is 0 Å². The Morgan fingerprint density at radius 1 is 1.11 bits per heavy atom. The Kier molecular flexibility index (Phi) is 4.15. The van der Waals surface area contributed by atoms with Crippen molar-refractivity contribution in [3.05, 3.63) is 66.2 Å². The molecular formula is C19H14F2N4O2. The van der Waals surface area contributed by atoms with E-state index in [4.69, 9.17) is 0 Å². The number of halogens is 2. The van der Waals surface area contributed by atoms with Gasteiger partial charge in [0.05, 0.1) is 12.1 Å². The largest absolute Gasteiger partial charge is 0.324 e. The van der Waals surface area contributed by atoms with Gasteiger partial charge >= 0.3 is 0 Å². The van der Waals surface area contributed by atoms with E-state index in [-0.39, 0.29) is 18.1 Å². The normalized spacial score (nSPS) is 15.8. The van der Waals surface area contributed by atoms with E-state index in [0.717, 1.165) is 0 Å². The fraction of sp³-hybridized carbons (Fsp3) is 0.105. The second-order valence-electron chi connectivity index (χ2n) is 6.13. The lowest BCUT2D eigenvalue weighted by atomic mass is 10.1. The summed E-state index contributed by atoms with van der Waals surface area (Å²) < 4.78 is 27.9. The SMILES string of the molecule is O=C1C[C@@H](C(=O)Nc2cccc(F)c2)n2nc(-c3ccc(F)cc3)cc2N1. The Morgan fingerprint density at radius 3 is 2.63 bits per heavy atom. The minimum atomic E-state index is -0.883. The summed E-state index contributed by atoms with van der Waals surface area (Å²) in [6.07, 6.45) is -0.0985. The van der Waals surface area contributed by atoms with Gasteiger partial charge in [-0.2, -0.15) is 5.10 Å². The highest BCUT2D eigenvalue weighted by atomic mass is 19.1. The van der Waals surface area contributed by atoms with Gasteiger partial charge in [-0.1, -0.05) is 6.07 Å². The molecule has 136 valence electrons. The van der Waals surface area contributed by atoms with Crippen LogP contribution in [-0.2, 0) is 9.59 Å². The monoisotopic (exact) mass is 368 g/mol. The molecule has 0 bridgehead atoms. The summed E-state index contributed by atoms with van der Waals surface area (Å²) in [4.78, 5) is 24.6. The van der Waals surface area contributed by atoms with Crippen LogP contribution in [0.4, 0.5) is 20.3 Å². The van der Waals surface area contributed by atoms with Gasteiger partial charge in [-0.3, -0.25) is 9.59 Å². The molecule has 2 heterocycles. The molecule has 0 fully saturated rings. The van der Waals surface area contributed by atoms with Crippen LogP contribution in [0, 0.1) is 11.6 Å². The van der Waals surface area contributed by atoms with Gasteiger partial charge in [0.15, 0.2) is 0 Å². The maximum absolute atomic E-state index is 13.3. The molecule has 3 aromatic rings. The summed E-state index contributed by atoms with van der Waals surface area (Å²) in [6.45, 7) is 0. The van der Waals surface area contributed by atoms with Gasteiger partial charge in [0.1, 0.15) is 23.5 Å². The molecule has 8 heteroatoms. The topological polar surface area (TPSA) is 76.0 Å². The smallest absolute Gasteiger partial charge is 0.249 e. The van der Waals surface area contributed by atoms with Crippen LogP contribution in [0.2, 0.25) is 0 Å². The number of hydrogen-bond acceptors (Lipinski definition) is 3. The third kappa shape index (κ3) is 3.41. The number of nitrogens with zero attached hydrogens (tertiary/aromatic N) is 2. The van der Waals surface area contributed by atoms with E-state index in [2.05, 4.69) is 15.7 Å². The highest BCUT2D eigenvalue weighted by Gasteiger charge is 2.32. The lowest BCUT2D eigenvalue weighted by molar-refractivity contribution is -0.125. The second kappa shape index (κ2) is 6.64. The minimum Gasteiger partial charge on any atom is -0.324 e. The summed E-state index contributed by atoms with van der Waals surface area (Å²) in [5, 5.41) is 9.66. The second-order valence-corrected chi connectivity index (χ2v) is 6.13. The maximum atomic E-state index is 13.3. The standard InChI is InChI=1S/C19H14F2N4O2/c20-12-6-4-11(5-7-12)15-9-17-23-18(26)10-16(25(17)24-15)19(27)22-14-3-1-2-13(21)8-14/h1-9,16H,10H2,(H,22,27)(H,23,26)/t16-/m0/s1. The minimum absolute atomic E-state index is 0.0985. The van der Waals surface area contributed by atoms with Crippen molar-refractivity contribution >= 4 is 23.3 Å². The third-order valence-electron chi connectivity index (χ3n) is 4.21. The Bertz CT molecular complexity index is 1030. The summed E-state index contributed by atoms with van der Waals surface area (Å²) in [5.41, 5.74) is 1.44. The molecule has 1 aromatic heterocycles. The number of carbonyl (C=O) groups excluding carboxylic acids is 2. The molecule has 0 saturated heterocycles. The van der Waals surface area contributed by atoms with E-state index in [1.165, 1.54) is 35.0 Å². The molecule has 0 spiro atoms. The van der Waals surface area contributed by atoms with Crippen LogP contribution < -0.4 is 10.6 Å². The number of aromatic nitrogens is 2. The van der Waals surface area contributed by atoms with Crippen molar-refractivity contribution in [3.8, 4) is 11.3 Å². The zero-order chi connectivity index (χ0) is 19.0. The zero-order valence-corrected chi connectivity index (χ0v) is 13.9. The predicted octanol–water partition coefficient (Wildman–Crippen LogP) is 3.35. The first-order chi connectivity index (χ1) is 13.0. The first-order valence-electron chi connectivity index (χ1n) is 8.21. The van der Waals surface area contributed by atoms with Crippen molar-refractivity contribution in [2.24, 2.45) is 0 Å². The summed E-state index contributed by atoms with van der Waals surface area (Å²) >= 11 is 0. The van der Waals surface area contributed by atoms with Gasteiger partial charge in [-0.15, -0.1) is 0 Å². The van der Waals surface area contributed by atoms with E-state index in [1.54, 1.807) is 24.3 Å². The Hall–Kier alpha value is -3.55. The average molecular weight is 368 g/mol. The molecule has 6 nitrogen and oxygen atoms in total.